The average molecular weight is 271 g/mol. The van der Waals surface area contributed by atoms with E-state index in [0.29, 0.717) is 6.54 Å². The average Bonchev–Trinajstić information content (AvgIpc) is 2.36. The number of aliphatic hydroxyl groups is 1. The molecule has 0 aromatic heterocycles. The summed E-state index contributed by atoms with van der Waals surface area (Å²) in [5.41, 5.74) is 0. The summed E-state index contributed by atoms with van der Waals surface area (Å²) in [7, 11) is 0. The highest BCUT2D eigenvalue weighted by atomic mass is 16.5. The predicted octanol–water partition coefficient (Wildman–Crippen LogP) is 2.10. The molecule has 0 aromatic rings. The third-order valence-electron chi connectivity index (χ3n) is 4.15. The van der Waals surface area contributed by atoms with E-state index in [1.54, 1.807) is 0 Å². The van der Waals surface area contributed by atoms with Crippen molar-refractivity contribution in [3.63, 3.8) is 0 Å². The zero-order chi connectivity index (χ0) is 14.4. The van der Waals surface area contributed by atoms with Crippen LogP contribution in [-0.2, 0) is 9.53 Å². The number of hydrogen-bond donors (Lipinski definition) is 2. The van der Waals surface area contributed by atoms with Gasteiger partial charge in [-0.15, -0.1) is 0 Å². The van der Waals surface area contributed by atoms with Crippen LogP contribution in [0.15, 0.2) is 0 Å². The van der Waals surface area contributed by atoms with E-state index >= 15 is 0 Å². The molecule has 0 radical (unpaired) electrons. The highest BCUT2D eigenvalue weighted by Crippen LogP contribution is 2.24. The van der Waals surface area contributed by atoms with E-state index < -0.39 is 6.10 Å². The van der Waals surface area contributed by atoms with Crippen molar-refractivity contribution in [1.82, 2.24) is 5.32 Å². The van der Waals surface area contributed by atoms with Crippen LogP contribution in [0.5, 0.6) is 0 Å². The number of rotatable bonds is 6. The van der Waals surface area contributed by atoms with Gasteiger partial charge in [-0.25, -0.2) is 0 Å². The van der Waals surface area contributed by atoms with Crippen molar-refractivity contribution in [2.75, 3.05) is 6.54 Å². The topological polar surface area (TPSA) is 58.6 Å². The van der Waals surface area contributed by atoms with E-state index in [1.165, 1.54) is 0 Å². The molecule has 0 saturated carbocycles. The molecule has 19 heavy (non-hydrogen) atoms. The first-order chi connectivity index (χ1) is 8.97. The minimum atomic E-state index is -0.436. The molecule has 0 spiro atoms. The molecule has 1 amide bonds. The molecule has 1 aliphatic heterocycles. The molecule has 112 valence electrons. The van der Waals surface area contributed by atoms with Crippen molar-refractivity contribution < 1.29 is 14.6 Å². The molecule has 0 bridgehead atoms. The number of ether oxygens (including phenoxy) is 1. The van der Waals surface area contributed by atoms with Gasteiger partial charge < -0.3 is 15.2 Å². The zero-order valence-electron chi connectivity index (χ0n) is 12.7. The van der Waals surface area contributed by atoms with Gasteiger partial charge in [0.25, 0.3) is 0 Å². The van der Waals surface area contributed by atoms with E-state index in [9.17, 15) is 9.90 Å². The summed E-state index contributed by atoms with van der Waals surface area (Å²) in [6.45, 7) is 8.53. The Bertz CT molecular complexity index is 269. The van der Waals surface area contributed by atoms with Crippen LogP contribution in [0.4, 0.5) is 0 Å². The summed E-state index contributed by atoms with van der Waals surface area (Å²) in [6, 6.07) is 0. The number of carbonyl (C=O) groups is 1. The van der Waals surface area contributed by atoms with E-state index in [4.69, 9.17) is 4.74 Å². The molecule has 1 saturated heterocycles. The molecule has 4 heteroatoms. The SMILES string of the molecule is CCC(CC)C(O)CNC(=O)C1CC(C)OC(C)C1. The molecule has 1 heterocycles. The van der Waals surface area contributed by atoms with Gasteiger partial charge in [0.15, 0.2) is 0 Å². The van der Waals surface area contributed by atoms with Crippen LogP contribution in [0.25, 0.3) is 0 Å². The summed E-state index contributed by atoms with van der Waals surface area (Å²) in [4.78, 5) is 12.1. The van der Waals surface area contributed by atoms with Gasteiger partial charge in [0.1, 0.15) is 0 Å². The Morgan fingerprint density at radius 2 is 1.79 bits per heavy atom. The number of amides is 1. The van der Waals surface area contributed by atoms with Crippen molar-refractivity contribution in [3.8, 4) is 0 Å². The third kappa shape index (κ3) is 5.11. The Hall–Kier alpha value is -0.610. The third-order valence-corrected chi connectivity index (χ3v) is 4.15. The Labute approximate surface area is 116 Å². The van der Waals surface area contributed by atoms with Crippen LogP contribution in [0.2, 0.25) is 0 Å². The summed E-state index contributed by atoms with van der Waals surface area (Å²) >= 11 is 0. The lowest BCUT2D eigenvalue weighted by molar-refractivity contribution is -0.133. The number of carbonyl (C=O) groups excluding carboxylic acids is 1. The lowest BCUT2D eigenvalue weighted by Gasteiger charge is -2.31. The summed E-state index contributed by atoms with van der Waals surface area (Å²) < 4.78 is 5.64. The Balaban J connectivity index is 2.38. The fraction of sp³-hybridized carbons (Fsp3) is 0.933. The number of aliphatic hydroxyl groups excluding tert-OH is 1. The highest BCUT2D eigenvalue weighted by Gasteiger charge is 2.29. The van der Waals surface area contributed by atoms with Crippen molar-refractivity contribution in [2.45, 2.75) is 71.7 Å². The maximum absolute atomic E-state index is 12.1. The van der Waals surface area contributed by atoms with E-state index in [2.05, 4.69) is 19.2 Å². The standard InChI is InChI=1S/C15H29NO3/c1-5-12(6-2)14(17)9-16-15(18)13-7-10(3)19-11(4)8-13/h10-14,17H,5-9H2,1-4H3,(H,16,18). The smallest absolute Gasteiger partial charge is 0.223 e. The second kappa shape index (κ2) is 7.85. The van der Waals surface area contributed by atoms with Crippen LogP contribution < -0.4 is 5.32 Å². The van der Waals surface area contributed by atoms with E-state index in [0.717, 1.165) is 25.7 Å². The zero-order valence-corrected chi connectivity index (χ0v) is 12.7. The fourth-order valence-electron chi connectivity index (χ4n) is 2.97. The minimum absolute atomic E-state index is 0.0210. The summed E-state index contributed by atoms with van der Waals surface area (Å²) in [6.07, 6.45) is 3.28. The predicted molar refractivity (Wildman–Crippen MR) is 75.8 cm³/mol. The van der Waals surface area contributed by atoms with Gasteiger partial charge in [-0.1, -0.05) is 26.7 Å². The van der Waals surface area contributed by atoms with Crippen molar-refractivity contribution in [3.05, 3.63) is 0 Å². The molecule has 4 nitrogen and oxygen atoms in total. The molecule has 2 N–H and O–H groups in total. The van der Waals surface area contributed by atoms with Crippen LogP contribution in [0.3, 0.4) is 0 Å². The van der Waals surface area contributed by atoms with Gasteiger partial charge in [-0.05, 0) is 32.6 Å². The summed E-state index contributed by atoms with van der Waals surface area (Å²) in [5, 5.41) is 12.9. The second-order valence-corrected chi connectivity index (χ2v) is 5.81. The van der Waals surface area contributed by atoms with Gasteiger partial charge in [-0.2, -0.15) is 0 Å². The van der Waals surface area contributed by atoms with Crippen molar-refractivity contribution >= 4 is 5.91 Å². The van der Waals surface area contributed by atoms with Crippen molar-refractivity contribution in [2.24, 2.45) is 11.8 Å². The first-order valence-corrected chi connectivity index (χ1v) is 7.59. The lowest BCUT2D eigenvalue weighted by atomic mass is 9.91. The number of nitrogens with one attached hydrogen (secondary N) is 1. The molecule has 3 unspecified atom stereocenters. The lowest BCUT2D eigenvalue weighted by Crippen LogP contribution is -2.43. The van der Waals surface area contributed by atoms with Crippen LogP contribution in [0.1, 0.15) is 53.4 Å². The molecule has 0 aliphatic carbocycles. The van der Waals surface area contributed by atoms with Gasteiger partial charge in [-0.3, -0.25) is 4.79 Å². The summed E-state index contributed by atoms with van der Waals surface area (Å²) in [5.74, 6) is 0.354. The monoisotopic (exact) mass is 271 g/mol. The second-order valence-electron chi connectivity index (χ2n) is 5.81. The maximum Gasteiger partial charge on any atom is 0.223 e. The number of hydrogen-bond acceptors (Lipinski definition) is 3. The minimum Gasteiger partial charge on any atom is -0.391 e. The van der Waals surface area contributed by atoms with E-state index in [1.807, 2.05) is 13.8 Å². The normalized spacial score (nSPS) is 29.3. The highest BCUT2D eigenvalue weighted by molar-refractivity contribution is 5.78. The fourth-order valence-corrected chi connectivity index (χ4v) is 2.97. The molecule has 3 atom stereocenters. The Morgan fingerprint density at radius 1 is 1.26 bits per heavy atom. The molecule has 1 rings (SSSR count). The van der Waals surface area contributed by atoms with Crippen LogP contribution >= 0.6 is 0 Å². The molecule has 1 aliphatic rings. The van der Waals surface area contributed by atoms with Crippen LogP contribution in [-0.4, -0.2) is 35.9 Å². The maximum atomic E-state index is 12.1. The van der Waals surface area contributed by atoms with Crippen LogP contribution in [0, 0.1) is 11.8 Å². The van der Waals surface area contributed by atoms with Gasteiger partial charge >= 0.3 is 0 Å². The van der Waals surface area contributed by atoms with Gasteiger partial charge in [0, 0.05) is 12.5 Å². The Morgan fingerprint density at radius 3 is 2.26 bits per heavy atom. The van der Waals surface area contributed by atoms with E-state index in [-0.39, 0.29) is 30.0 Å². The molecular weight excluding hydrogens is 242 g/mol. The largest absolute Gasteiger partial charge is 0.391 e. The molecular formula is C15H29NO3. The quantitative estimate of drug-likeness (QED) is 0.778. The van der Waals surface area contributed by atoms with Gasteiger partial charge in [0.2, 0.25) is 5.91 Å². The molecule has 1 fully saturated rings. The van der Waals surface area contributed by atoms with Crippen molar-refractivity contribution in [1.29, 1.82) is 0 Å². The first-order valence-electron chi connectivity index (χ1n) is 7.59. The van der Waals surface area contributed by atoms with Gasteiger partial charge in [0.05, 0.1) is 18.3 Å². The molecule has 0 aromatic carbocycles. The Kier molecular flexibility index (Phi) is 6.80. The first kappa shape index (κ1) is 16.4.